The Balaban J connectivity index is 2.25. The molecular weight excluding hydrogens is 661 g/mol. The first-order valence-corrected chi connectivity index (χ1v) is 22.3. The van der Waals surface area contributed by atoms with Crippen LogP contribution >= 0.6 is 0 Å². The highest BCUT2D eigenvalue weighted by Gasteiger charge is 2.51. The summed E-state index contributed by atoms with van der Waals surface area (Å²) in [4.78, 5) is 27.0. The fourth-order valence-corrected chi connectivity index (χ4v) is 11.4. The van der Waals surface area contributed by atoms with Crippen LogP contribution in [0.3, 0.4) is 0 Å². The van der Waals surface area contributed by atoms with Gasteiger partial charge in [0, 0.05) is 6.54 Å². The normalized spacial score (nSPS) is 14.2. The van der Waals surface area contributed by atoms with E-state index >= 15 is 0 Å². The van der Waals surface area contributed by atoms with Crippen LogP contribution in [0.4, 0.5) is 4.79 Å². The number of amides is 1. The van der Waals surface area contributed by atoms with Crippen LogP contribution in [-0.4, -0.2) is 65.2 Å². The van der Waals surface area contributed by atoms with Crippen LogP contribution < -0.4 is 15.7 Å². The number of esters is 1. The van der Waals surface area contributed by atoms with Gasteiger partial charge < -0.3 is 23.7 Å². The predicted octanol–water partition coefficient (Wildman–Crippen LogP) is 7.83. The molecule has 3 aromatic rings. The van der Waals surface area contributed by atoms with Crippen LogP contribution in [0.25, 0.3) is 0 Å². The van der Waals surface area contributed by atoms with Crippen molar-refractivity contribution >= 4 is 39.1 Å². The van der Waals surface area contributed by atoms with Crippen LogP contribution in [-0.2, 0) is 29.8 Å². The second-order valence-electron chi connectivity index (χ2n) is 16.5. The number of hydrogen-bond donors (Lipinski definition) is 1. The van der Waals surface area contributed by atoms with Crippen molar-refractivity contribution in [2.45, 2.75) is 116 Å². The number of methoxy groups -OCH3 is 1. The van der Waals surface area contributed by atoms with E-state index in [0.717, 1.165) is 15.9 Å². The zero-order valence-electron chi connectivity index (χ0n) is 32.3. The Kier molecular flexibility index (Phi) is 13.8. The third-order valence-corrected chi connectivity index (χ3v) is 18.7. The summed E-state index contributed by atoms with van der Waals surface area (Å²) in [5.41, 5.74) is 0.261. The van der Waals surface area contributed by atoms with Crippen molar-refractivity contribution in [3.63, 3.8) is 0 Å². The number of nitrogens with zero attached hydrogens (tertiary/aromatic N) is 1. The predicted molar refractivity (Wildman–Crippen MR) is 207 cm³/mol. The van der Waals surface area contributed by atoms with Crippen molar-refractivity contribution in [3.8, 4) is 0 Å². The monoisotopic (exact) mass is 720 g/mol. The van der Waals surface area contributed by atoms with Gasteiger partial charge >= 0.3 is 12.1 Å². The van der Waals surface area contributed by atoms with Gasteiger partial charge in [-0.05, 0) is 59.9 Å². The molecule has 274 valence electrons. The molecule has 0 saturated carbocycles. The third kappa shape index (κ3) is 10.9. The number of carbonyl (C=O) groups is 2. The average Bonchev–Trinajstić information content (AvgIpc) is 3.02. The van der Waals surface area contributed by atoms with Gasteiger partial charge in [-0.3, -0.25) is 4.79 Å². The highest BCUT2D eigenvalue weighted by Crippen LogP contribution is 2.39. The number of hydrogen-bond acceptors (Lipinski definition) is 7. The zero-order chi connectivity index (χ0) is 37.4. The average molecular weight is 721 g/mol. The molecule has 0 bridgehead atoms. The fourth-order valence-electron chi connectivity index (χ4n) is 5.79. The summed E-state index contributed by atoms with van der Waals surface area (Å²) in [5.74, 6) is -0.423. The molecule has 50 heavy (non-hydrogen) atoms. The summed E-state index contributed by atoms with van der Waals surface area (Å²) in [7, 11) is -4.14. The van der Waals surface area contributed by atoms with E-state index in [-0.39, 0.29) is 23.1 Å². The summed E-state index contributed by atoms with van der Waals surface area (Å²) in [5, 5.41) is 6.79. The first kappa shape index (κ1) is 41.1. The van der Waals surface area contributed by atoms with E-state index in [1.54, 1.807) is 0 Å². The van der Waals surface area contributed by atoms with Gasteiger partial charge in [0.15, 0.2) is 0 Å². The molecule has 0 aliphatic carbocycles. The number of carbonyl (C=O) groups excluding carboxylic acids is 2. The van der Waals surface area contributed by atoms with Crippen molar-refractivity contribution in [2.24, 2.45) is 0 Å². The van der Waals surface area contributed by atoms with Crippen LogP contribution in [0.1, 0.15) is 74.3 Å². The maximum absolute atomic E-state index is 13.7. The molecule has 2 atom stereocenters. The quantitative estimate of drug-likeness (QED) is 0.103. The van der Waals surface area contributed by atoms with Crippen molar-refractivity contribution in [1.82, 2.24) is 10.4 Å². The van der Waals surface area contributed by atoms with E-state index in [4.69, 9.17) is 18.4 Å². The van der Waals surface area contributed by atoms with Gasteiger partial charge in [-0.25, -0.2) is 4.79 Å². The van der Waals surface area contributed by atoms with Gasteiger partial charge in [0.1, 0.15) is 5.60 Å². The molecule has 1 N–H and O–H groups in total. The lowest BCUT2D eigenvalue weighted by Crippen LogP contribution is -2.68. The molecule has 0 unspecified atom stereocenters. The minimum absolute atomic E-state index is 0.0530. The lowest BCUT2D eigenvalue weighted by atomic mass is 10.0. The maximum atomic E-state index is 13.7. The van der Waals surface area contributed by atoms with Gasteiger partial charge in [0.2, 0.25) is 8.32 Å². The van der Waals surface area contributed by atoms with Gasteiger partial charge in [0.25, 0.3) is 8.32 Å². The standard InChI is InChI=1S/C40H60N2O6Si2/c1-38(2,3)47-37(44)41-34(30-46-50(40(7,8)9,32-24-18-14-19-25-32)33-26-20-15-21-27-33)35(28-36(43)45-10)42(29-31-22-16-13-17-23-31)48-49(11,12)39(4,5)6/h13-27,34-35H,28-30H2,1-12H3,(H,41,44)/t34-,35-/m0/s1. The van der Waals surface area contributed by atoms with Crippen LogP contribution in [0.2, 0.25) is 23.2 Å². The number of ether oxygens (including phenoxy) is 2. The van der Waals surface area contributed by atoms with Crippen LogP contribution in [0, 0.1) is 0 Å². The Bertz CT molecular complexity index is 1460. The number of alkyl carbamates (subject to hydrolysis) is 1. The Morgan fingerprint density at radius 2 is 1.22 bits per heavy atom. The maximum Gasteiger partial charge on any atom is 0.408 e. The Morgan fingerprint density at radius 1 is 0.740 bits per heavy atom. The largest absolute Gasteiger partial charge is 0.469 e. The summed E-state index contributed by atoms with van der Waals surface area (Å²) in [6.07, 6.45) is -0.655. The van der Waals surface area contributed by atoms with Gasteiger partial charge in [-0.1, -0.05) is 133 Å². The van der Waals surface area contributed by atoms with Gasteiger partial charge in [-0.15, -0.1) is 0 Å². The van der Waals surface area contributed by atoms with E-state index in [1.165, 1.54) is 7.11 Å². The van der Waals surface area contributed by atoms with E-state index in [0.29, 0.717) is 6.54 Å². The van der Waals surface area contributed by atoms with E-state index < -0.39 is 46.4 Å². The van der Waals surface area contributed by atoms with E-state index in [2.05, 4.69) is 84.2 Å². The SMILES string of the molecule is COC(=O)C[C@@H]([C@H](CO[Si](c1ccccc1)(c1ccccc1)C(C)(C)C)NC(=O)OC(C)(C)C)N(Cc1ccccc1)O[Si](C)(C)C(C)(C)C. The topological polar surface area (TPSA) is 86.3 Å². The smallest absolute Gasteiger partial charge is 0.408 e. The number of hydroxylamine groups is 2. The molecule has 10 heteroatoms. The fraction of sp³-hybridized carbons (Fsp3) is 0.500. The van der Waals surface area contributed by atoms with E-state index in [9.17, 15) is 9.59 Å². The molecule has 0 aliphatic rings. The summed E-state index contributed by atoms with van der Waals surface area (Å²) in [6, 6.07) is 29.3. The molecule has 0 saturated heterocycles. The minimum Gasteiger partial charge on any atom is -0.469 e. The molecule has 3 rings (SSSR count). The van der Waals surface area contributed by atoms with Crippen LogP contribution in [0.5, 0.6) is 0 Å². The molecule has 0 spiro atoms. The van der Waals surface area contributed by atoms with Crippen molar-refractivity contribution in [3.05, 3.63) is 96.6 Å². The number of nitrogens with one attached hydrogen (secondary N) is 1. The molecule has 8 nitrogen and oxygen atoms in total. The highest BCUT2D eigenvalue weighted by molar-refractivity contribution is 6.99. The molecule has 0 fully saturated rings. The molecule has 0 heterocycles. The lowest BCUT2D eigenvalue weighted by Gasteiger charge is -2.46. The van der Waals surface area contributed by atoms with Crippen molar-refractivity contribution in [1.29, 1.82) is 0 Å². The molecule has 3 aromatic carbocycles. The third-order valence-electron chi connectivity index (χ3n) is 9.37. The first-order chi connectivity index (χ1) is 23.2. The van der Waals surface area contributed by atoms with Crippen molar-refractivity contribution < 1.29 is 28.0 Å². The Morgan fingerprint density at radius 3 is 1.64 bits per heavy atom. The number of benzene rings is 3. The Hall–Kier alpha value is -3.29. The first-order valence-electron chi connectivity index (χ1n) is 17.5. The second-order valence-corrected chi connectivity index (χ2v) is 25.5. The molecule has 0 aromatic heterocycles. The Labute approximate surface area is 303 Å². The van der Waals surface area contributed by atoms with Gasteiger partial charge in [-0.2, -0.15) is 5.06 Å². The summed E-state index contributed by atoms with van der Waals surface area (Å²) < 4.78 is 25.5. The highest BCUT2D eigenvalue weighted by atomic mass is 28.4. The second kappa shape index (κ2) is 16.8. The van der Waals surface area contributed by atoms with Crippen molar-refractivity contribution in [2.75, 3.05) is 13.7 Å². The summed E-state index contributed by atoms with van der Waals surface area (Å²) in [6.45, 7) is 23.5. The molecule has 1 amide bonds. The lowest BCUT2D eigenvalue weighted by molar-refractivity contribution is -0.156. The van der Waals surface area contributed by atoms with Gasteiger partial charge in [0.05, 0.1) is 32.2 Å². The van der Waals surface area contributed by atoms with E-state index in [1.807, 2.05) is 92.6 Å². The zero-order valence-corrected chi connectivity index (χ0v) is 34.3. The minimum atomic E-state index is -3.05. The van der Waals surface area contributed by atoms with Crippen LogP contribution in [0.15, 0.2) is 91.0 Å². The number of rotatable bonds is 14. The molecule has 0 radical (unpaired) electrons. The molecule has 0 aliphatic heterocycles. The summed E-state index contributed by atoms with van der Waals surface area (Å²) >= 11 is 0. The molecular formula is C40H60N2O6Si2.